The van der Waals surface area contributed by atoms with Crippen LogP contribution in [0.15, 0.2) is 64.1 Å². The number of likely N-dealkylation sites (tertiary alicyclic amines) is 1. The van der Waals surface area contributed by atoms with Gasteiger partial charge in [-0.1, -0.05) is 20.8 Å². The van der Waals surface area contributed by atoms with Crippen LogP contribution in [-0.4, -0.2) is 82.3 Å². The smallest absolute Gasteiger partial charge is 0.435 e. The average molecular weight is 768 g/mol. The molecule has 5 rings (SSSR count). The summed E-state index contributed by atoms with van der Waals surface area (Å²) in [5.74, 6) is -0.754. The molecule has 53 heavy (non-hydrogen) atoms. The van der Waals surface area contributed by atoms with E-state index in [1.807, 2.05) is 11.8 Å². The number of benzene rings is 2. The van der Waals surface area contributed by atoms with Gasteiger partial charge in [0.1, 0.15) is 24.7 Å². The first kappa shape index (κ1) is 39.6. The van der Waals surface area contributed by atoms with E-state index in [0.717, 1.165) is 11.3 Å². The summed E-state index contributed by atoms with van der Waals surface area (Å²) in [7, 11) is -2.19. The highest BCUT2D eigenvalue weighted by Gasteiger charge is 2.58. The molecule has 2 aromatic carbocycles. The predicted molar refractivity (Wildman–Crippen MR) is 200 cm³/mol. The summed E-state index contributed by atoms with van der Waals surface area (Å²) < 4.78 is 17.6. The minimum atomic E-state index is -2.19. The van der Waals surface area contributed by atoms with E-state index in [-0.39, 0.29) is 58.6 Å². The predicted octanol–water partition coefficient (Wildman–Crippen LogP) is 6.96. The number of nitrogens with zero attached hydrogens (tertiary/aromatic N) is 5. The topological polar surface area (TPSA) is 184 Å². The normalized spacial score (nSPS) is 20.9. The Labute approximate surface area is 313 Å². The number of amides is 2. The Morgan fingerprint density at radius 1 is 0.981 bits per heavy atom. The van der Waals surface area contributed by atoms with Crippen molar-refractivity contribution in [2.24, 2.45) is 10.9 Å². The zero-order valence-corrected chi connectivity index (χ0v) is 32.7. The fourth-order valence-corrected chi connectivity index (χ4v) is 9.24. The number of carbonyl (C=O) groups excluding carboxylic acids is 3. The first-order valence-electron chi connectivity index (χ1n) is 17.4. The van der Waals surface area contributed by atoms with E-state index in [9.17, 15) is 34.6 Å². The summed E-state index contributed by atoms with van der Waals surface area (Å²) in [6.07, 6.45) is 0.0906. The zero-order valence-electron chi connectivity index (χ0n) is 30.9. The number of β-lactam (4-membered cyclic amide) rings is 1. The van der Waals surface area contributed by atoms with E-state index >= 15 is 0 Å². The first-order valence-corrected chi connectivity index (χ1v) is 21.2. The second-order valence-corrected chi connectivity index (χ2v) is 21.1. The molecule has 3 aliphatic rings. The van der Waals surface area contributed by atoms with Crippen molar-refractivity contribution < 1.29 is 38.1 Å². The molecule has 0 bridgehead atoms. The van der Waals surface area contributed by atoms with Crippen molar-refractivity contribution in [3.63, 3.8) is 0 Å². The summed E-state index contributed by atoms with van der Waals surface area (Å²) in [5.41, 5.74) is 1.26. The summed E-state index contributed by atoms with van der Waals surface area (Å²) in [5, 5.41) is 21.9. The van der Waals surface area contributed by atoms with Gasteiger partial charge in [0.2, 0.25) is 5.91 Å². The van der Waals surface area contributed by atoms with E-state index in [2.05, 4.69) is 38.9 Å². The van der Waals surface area contributed by atoms with Crippen LogP contribution in [0.2, 0.25) is 18.1 Å². The van der Waals surface area contributed by atoms with Crippen LogP contribution in [-0.2, 0) is 36.7 Å². The third kappa shape index (κ3) is 8.96. The van der Waals surface area contributed by atoms with Gasteiger partial charge in [-0.25, -0.2) is 9.59 Å². The van der Waals surface area contributed by atoms with Crippen molar-refractivity contribution >= 4 is 55.3 Å². The Hall–Kier alpha value is -4.61. The highest BCUT2D eigenvalue weighted by atomic mass is 32.2. The van der Waals surface area contributed by atoms with Gasteiger partial charge in [-0.05, 0) is 73.8 Å². The molecule has 4 atom stereocenters. The summed E-state index contributed by atoms with van der Waals surface area (Å²) in [6.45, 7) is 15.3. The molecule has 3 heterocycles. The number of rotatable bonds is 12. The molecule has 0 spiro atoms. The Kier molecular flexibility index (Phi) is 11.8. The third-order valence-electron chi connectivity index (χ3n) is 10.3. The lowest BCUT2D eigenvalue weighted by Crippen LogP contribution is -2.63. The van der Waals surface area contributed by atoms with E-state index in [4.69, 9.17) is 13.9 Å². The third-order valence-corrected chi connectivity index (χ3v) is 16.3. The highest BCUT2D eigenvalue weighted by molar-refractivity contribution is 8.03. The van der Waals surface area contributed by atoms with Crippen LogP contribution in [0.3, 0.4) is 0 Å². The lowest BCUT2D eigenvalue weighted by atomic mass is 9.83. The summed E-state index contributed by atoms with van der Waals surface area (Å²) in [6, 6.07) is 11.2. The largest absolute Gasteiger partial charge is 0.456 e. The second kappa shape index (κ2) is 15.8. The number of esters is 1. The van der Waals surface area contributed by atoms with Crippen LogP contribution < -0.4 is 0 Å². The van der Waals surface area contributed by atoms with Gasteiger partial charge >= 0.3 is 12.1 Å². The van der Waals surface area contributed by atoms with Crippen molar-refractivity contribution in [3.8, 4) is 0 Å². The molecule has 0 aromatic heterocycles. The number of hydrogen-bond donors (Lipinski definition) is 0. The Bertz CT molecular complexity index is 1830. The van der Waals surface area contributed by atoms with Gasteiger partial charge in [0.15, 0.2) is 8.32 Å². The molecule has 17 heteroatoms. The number of amidine groups is 1. The molecule has 2 fully saturated rings. The quantitative estimate of drug-likeness (QED) is 0.0412. The lowest BCUT2D eigenvalue weighted by Gasteiger charge is -2.48. The van der Waals surface area contributed by atoms with Crippen molar-refractivity contribution in [1.82, 2.24) is 9.80 Å². The second-order valence-electron chi connectivity index (χ2n) is 15.0. The van der Waals surface area contributed by atoms with E-state index in [1.54, 1.807) is 11.8 Å². The maximum atomic E-state index is 13.8. The highest BCUT2D eigenvalue weighted by Crippen LogP contribution is 2.50. The maximum Gasteiger partial charge on any atom is 0.435 e. The molecular weight excluding hydrogens is 723 g/mol. The molecule has 0 radical (unpaired) electrons. The SMILES string of the molecule is CC(=NC(=O)OCc1ccc([N+](=O)[O-])cc1)N1CC[C@H](SC2=C(C(=O)OCc3ccc([N+](=O)[O-])cc3)N3C(=O)[C@H]([C@@H](C)O[Si](C)(C)C(C)(C)C)[C@H]3C2)C1. The minimum Gasteiger partial charge on any atom is -0.456 e. The molecule has 15 nitrogen and oxygen atoms in total. The van der Waals surface area contributed by atoms with Gasteiger partial charge in [-0.3, -0.25) is 25.0 Å². The van der Waals surface area contributed by atoms with Crippen molar-refractivity contribution in [1.29, 1.82) is 0 Å². The molecule has 2 saturated heterocycles. The van der Waals surface area contributed by atoms with Gasteiger partial charge in [0.05, 0.1) is 27.9 Å². The summed E-state index contributed by atoms with van der Waals surface area (Å²) in [4.78, 5) is 69.3. The van der Waals surface area contributed by atoms with Gasteiger partial charge in [0.25, 0.3) is 11.4 Å². The van der Waals surface area contributed by atoms with Crippen molar-refractivity contribution in [2.75, 3.05) is 13.1 Å². The number of nitro groups is 2. The zero-order chi connectivity index (χ0) is 38.8. The van der Waals surface area contributed by atoms with E-state index in [0.29, 0.717) is 36.5 Å². The number of hydrogen-bond acceptors (Lipinski definition) is 11. The van der Waals surface area contributed by atoms with Gasteiger partial charge in [0, 0.05) is 53.9 Å². The van der Waals surface area contributed by atoms with Crippen LogP contribution in [0.25, 0.3) is 0 Å². The van der Waals surface area contributed by atoms with Gasteiger partial charge in [-0.2, -0.15) is 4.99 Å². The number of nitro benzene ring substituents is 2. The molecule has 0 saturated carbocycles. The lowest BCUT2D eigenvalue weighted by molar-refractivity contribution is -0.385. The number of ether oxygens (including phenoxy) is 2. The Morgan fingerprint density at radius 3 is 2.06 bits per heavy atom. The standard InChI is InChI=1S/C36H45N5O10SSi/c1-22(51-53(6,7)36(3,4)5)31-29-18-30(32(39(29)33(31)42)34(43)49-20-24-8-12-26(13-9-24)40(45)46)52-28-16-17-38(19-28)23(2)37-35(44)50-21-25-10-14-27(15-11-25)41(47)48/h8-15,22,28-29,31H,16-21H2,1-7H3/t22-,28+,29-,31-/m1/s1. The molecule has 3 aliphatic heterocycles. The molecule has 0 aliphatic carbocycles. The van der Waals surface area contributed by atoms with Crippen LogP contribution in [0.5, 0.6) is 0 Å². The Morgan fingerprint density at radius 2 is 1.53 bits per heavy atom. The van der Waals surface area contributed by atoms with Crippen molar-refractivity contribution in [2.45, 2.75) is 96.2 Å². The van der Waals surface area contributed by atoms with Gasteiger partial charge < -0.3 is 23.7 Å². The van der Waals surface area contributed by atoms with Crippen LogP contribution in [0.1, 0.15) is 58.6 Å². The molecule has 0 unspecified atom stereocenters. The molecule has 284 valence electrons. The Balaban J connectivity index is 1.26. The summed E-state index contributed by atoms with van der Waals surface area (Å²) >= 11 is 1.53. The fraction of sp³-hybridized carbons (Fsp3) is 0.500. The van der Waals surface area contributed by atoms with E-state index in [1.165, 1.54) is 60.3 Å². The number of aliphatic imine (C=N–C) groups is 1. The molecule has 2 aromatic rings. The van der Waals surface area contributed by atoms with Crippen molar-refractivity contribution in [3.05, 3.63) is 90.5 Å². The van der Waals surface area contributed by atoms with E-state index < -0.39 is 36.1 Å². The monoisotopic (exact) mass is 767 g/mol. The number of fused-ring (bicyclic) bond motifs is 1. The van der Waals surface area contributed by atoms with Crippen LogP contribution in [0, 0.1) is 26.1 Å². The van der Waals surface area contributed by atoms with Crippen LogP contribution >= 0.6 is 11.8 Å². The maximum absolute atomic E-state index is 13.8. The molecular formula is C36H45N5O10SSi. The fourth-order valence-electron chi connectivity index (χ4n) is 6.37. The molecule has 2 amide bonds. The first-order chi connectivity index (χ1) is 24.9. The average Bonchev–Trinajstić information content (AvgIpc) is 3.69. The van der Waals surface area contributed by atoms with Gasteiger partial charge in [-0.15, -0.1) is 11.8 Å². The van der Waals surface area contributed by atoms with Crippen LogP contribution in [0.4, 0.5) is 16.2 Å². The number of non-ortho nitro benzene ring substituents is 2. The number of carbonyl (C=O) groups is 3. The molecule has 0 N–H and O–H groups in total. The minimum absolute atomic E-state index is 0.0249. The number of thioether (sulfide) groups is 1.